The minimum Gasteiger partial charge on any atom is -0.388 e. The van der Waals surface area contributed by atoms with Crippen LogP contribution in [0.3, 0.4) is 0 Å². The van der Waals surface area contributed by atoms with Crippen LogP contribution in [0.15, 0.2) is 17.1 Å². The first-order valence-electron chi connectivity index (χ1n) is 9.93. The van der Waals surface area contributed by atoms with Crippen LogP contribution in [0.2, 0.25) is 0 Å². The van der Waals surface area contributed by atoms with Crippen LogP contribution in [-0.2, 0) is 10.0 Å². The average Bonchev–Trinajstić information content (AvgIpc) is 2.66. The van der Waals surface area contributed by atoms with Gasteiger partial charge in [0.05, 0.1) is 23.5 Å². The van der Waals surface area contributed by atoms with Crippen molar-refractivity contribution in [3.05, 3.63) is 28.2 Å². The van der Waals surface area contributed by atoms with E-state index in [1.807, 2.05) is 0 Å². The minimum atomic E-state index is -3.24. The molecule has 9 nitrogen and oxygen atoms in total. The van der Waals surface area contributed by atoms with Crippen LogP contribution in [0.25, 0.3) is 11.0 Å². The lowest BCUT2D eigenvalue weighted by Crippen LogP contribution is -2.42. The van der Waals surface area contributed by atoms with Crippen molar-refractivity contribution >= 4 is 27.0 Å². The van der Waals surface area contributed by atoms with Crippen LogP contribution < -0.4 is 10.9 Å². The maximum atomic E-state index is 13.4. The van der Waals surface area contributed by atoms with E-state index in [1.54, 1.807) is 6.92 Å². The molecule has 1 aliphatic rings. The summed E-state index contributed by atoms with van der Waals surface area (Å²) < 4.78 is 52.7. The van der Waals surface area contributed by atoms with Crippen molar-refractivity contribution in [1.82, 2.24) is 18.8 Å². The SMILES string of the molecule is C[C@@H](n1c(=O)c(C(F)F)cc2cnc(NC3CCN(S(C)(=O)=O)CC3)nc21)C(C)(C)O. The third-order valence-corrected chi connectivity index (χ3v) is 7.00. The summed E-state index contributed by atoms with van der Waals surface area (Å²) in [5.41, 5.74) is -2.83. The standard InChI is InChI=1S/C19H27F2N5O4S/c1-11(19(2,3)28)26-16-12(9-14(15(20)21)17(26)27)10-22-18(24-16)23-13-5-7-25(8-6-13)31(4,29)30/h9-11,13,15,28H,5-8H2,1-4H3,(H,22,23,24)/t11-/m1/s1. The largest absolute Gasteiger partial charge is 0.388 e. The molecule has 1 atom stereocenters. The van der Waals surface area contributed by atoms with Gasteiger partial charge in [-0.25, -0.2) is 26.5 Å². The molecule has 2 aromatic heterocycles. The molecule has 1 saturated heterocycles. The van der Waals surface area contributed by atoms with E-state index in [-0.39, 0.29) is 23.0 Å². The molecule has 0 aromatic carbocycles. The Kier molecular flexibility index (Phi) is 6.36. The van der Waals surface area contributed by atoms with E-state index in [2.05, 4.69) is 15.3 Å². The van der Waals surface area contributed by atoms with Crippen LogP contribution in [0.5, 0.6) is 0 Å². The summed E-state index contributed by atoms with van der Waals surface area (Å²) in [4.78, 5) is 21.3. The number of alkyl halides is 2. The second kappa shape index (κ2) is 8.40. The van der Waals surface area contributed by atoms with Gasteiger partial charge in [-0.05, 0) is 39.7 Å². The predicted octanol–water partition coefficient (Wildman–Crippen LogP) is 1.90. The molecule has 2 aromatic rings. The summed E-state index contributed by atoms with van der Waals surface area (Å²) >= 11 is 0. The number of rotatable bonds is 6. The van der Waals surface area contributed by atoms with Crippen molar-refractivity contribution in [3.63, 3.8) is 0 Å². The van der Waals surface area contributed by atoms with Gasteiger partial charge in [-0.15, -0.1) is 0 Å². The molecule has 3 rings (SSSR count). The Morgan fingerprint density at radius 1 is 1.29 bits per heavy atom. The van der Waals surface area contributed by atoms with Gasteiger partial charge in [0.2, 0.25) is 16.0 Å². The number of fused-ring (bicyclic) bond motifs is 1. The lowest BCUT2D eigenvalue weighted by molar-refractivity contribution is 0.0301. The van der Waals surface area contributed by atoms with Gasteiger partial charge in [0.15, 0.2) is 0 Å². The van der Waals surface area contributed by atoms with Gasteiger partial charge in [0.25, 0.3) is 12.0 Å². The highest BCUT2D eigenvalue weighted by molar-refractivity contribution is 7.88. The second-order valence-electron chi connectivity index (χ2n) is 8.46. The summed E-state index contributed by atoms with van der Waals surface area (Å²) in [6.45, 7) is 5.26. The number of anilines is 1. The highest BCUT2D eigenvalue weighted by Crippen LogP contribution is 2.27. The first-order chi connectivity index (χ1) is 14.3. The maximum Gasteiger partial charge on any atom is 0.269 e. The molecular weight excluding hydrogens is 432 g/mol. The molecule has 0 radical (unpaired) electrons. The van der Waals surface area contributed by atoms with E-state index in [0.717, 1.165) is 10.6 Å². The normalized spacial score (nSPS) is 17.9. The average molecular weight is 460 g/mol. The topological polar surface area (TPSA) is 117 Å². The van der Waals surface area contributed by atoms with E-state index in [9.17, 15) is 27.1 Å². The van der Waals surface area contributed by atoms with Gasteiger partial charge in [-0.1, -0.05) is 0 Å². The molecule has 172 valence electrons. The monoisotopic (exact) mass is 459 g/mol. The summed E-state index contributed by atoms with van der Waals surface area (Å²) in [6, 6.07) is 0.161. The highest BCUT2D eigenvalue weighted by atomic mass is 32.2. The molecule has 12 heteroatoms. The van der Waals surface area contributed by atoms with Gasteiger partial charge >= 0.3 is 0 Å². The Balaban J connectivity index is 1.98. The van der Waals surface area contributed by atoms with Crippen molar-refractivity contribution in [1.29, 1.82) is 0 Å². The Hall–Kier alpha value is -2.18. The first-order valence-corrected chi connectivity index (χ1v) is 11.8. The molecule has 0 aliphatic carbocycles. The molecule has 0 unspecified atom stereocenters. The Labute approximate surface area is 179 Å². The quantitative estimate of drug-likeness (QED) is 0.677. The number of halogens is 2. The van der Waals surface area contributed by atoms with Crippen LogP contribution in [0, 0.1) is 0 Å². The Bertz CT molecular complexity index is 1120. The molecule has 2 N–H and O–H groups in total. The summed E-state index contributed by atoms with van der Waals surface area (Å²) in [7, 11) is -3.24. The molecule has 31 heavy (non-hydrogen) atoms. The molecule has 0 spiro atoms. The molecular formula is C19H27F2N5O4S. The van der Waals surface area contributed by atoms with E-state index >= 15 is 0 Å². The number of hydrogen-bond donors (Lipinski definition) is 2. The number of sulfonamides is 1. The van der Waals surface area contributed by atoms with Crippen molar-refractivity contribution in [2.75, 3.05) is 24.7 Å². The molecule has 1 aliphatic heterocycles. The molecule has 0 amide bonds. The van der Waals surface area contributed by atoms with Crippen LogP contribution in [-0.4, -0.2) is 63.4 Å². The Morgan fingerprint density at radius 3 is 2.42 bits per heavy atom. The number of hydrogen-bond acceptors (Lipinski definition) is 7. The zero-order valence-corrected chi connectivity index (χ0v) is 18.7. The van der Waals surface area contributed by atoms with Crippen molar-refractivity contribution in [2.24, 2.45) is 0 Å². The van der Waals surface area contributed by atoms with Crippen LogP contribution in [0.1, 0.15) is 51.6 Å². The smallest absolute Gasteiger partial charge is 0.269 e. The minimum absolute atomic E-state index is 0.0809. The van der Waals surface area contributed by atoms with Crippen molar-refractivity contribution in [2.45, 2.75) is 57.7 Å². The molecule has 1 fully saturated rings. The van der Waals surface area contributed by atoms with E-state index < -0.39 is 39.2 Å². The summed E-state index contributed by atoms with van der Waals surface area (Å²) in [5, 5.41) is 13.8. The maximum absolute atomic E-state index is 13.4. The summed E-state index contributed by atoms with van der Waals surface area (Å²) in [5.74, 6) is 0.200. The van der Waals surface area contributed by atoms with Crippen LogP contribution in [0.4, 0.5) is 14.7 Å². The number of pyridine rings is 1. The lowest BCUT2D eigenvalue weighted by atomic mass is 10.00. The van der Waals surface area contributed by atoms with Crippen LogP contribution >= 0.6 is 0 Å². The number of aliphatic hydroxyl groups is 1. The predicted molar refractivity (Wildman–Crippen MR) is 113 cm³/mol. The fourth-order valence-electron chi connectivity index (χ4n) is 3.56. The number of piperidine rings is 1. The zero-order valence-electron chi connectivity index (χ0n) is 17.8. The fraction of sp³-hybridized carbons (Fsp3) is 0.632. The third-order valence-electron chi connectivity index (χ3n) is 5.70. The lowest BCUT2D eigenvalue weighted by Gasteiger charge is -2.31. The van der Waals surface area contributed by atoms with Gasteiger partial charge in [-0.3, -0.25) is 9.36 Å². The Morgan fingerprint density at radius 2 is 1.90 bits per heavy atom. The van der Waals surface area contributed by atoms with Gasteiger partial charge in [0, 0.05) is 30.7 Å². The van der Waals surface area contributed by atoms with Gasteiger partial charge in [-0.2, -0.15) is 4.98 Å². The van der Waals surface area contributed by atoms with Gasteiger partial charge < -0.3 is 10.4 Å². The fourth-order valence-corrected chi connectivity index (χ4v) is 4.43. The van der Waals surface area contributed by atoms with Gasteiger partial charge in [0.1, 0.15) is 5.65 Å². The first kappa shape index (κ1) is 23.5. The van der Waals surface area contributed by atoms with Crippen molar-refractivity contribution in [3.8, 4) is 0 Å². The second-order valence-corrected chi connectivity index (χ2v) is 10.4. The van der Waals surface area contributed by atoms with E-state index in [0.29, 0.717) is 25.9 Å². The van der Waals surface area contributed by atoms with E-state index in [1.165, 1.54) is 30.6 Å². The highest BCUT2D eigenvalue weighted by Gasteiger charge is 2.30. The number of nitrogens with one attached hydrogen (secondary N) is 1. The zero-order chi connectivity index (χ0) is 23.1. The molecule has 0 bridgehead atoms. The number of nitrogens with zero attached hydrogens (tertiary/aromatic N) is 4. The third kappa shape index (κ3) is 5.01. The van der Waals surface area contributed by atoms with Crippen molar-refractivity contribution < 1.29 is 22.3 Å². The molecule has 0 saturated carbocycles. The number of aromatic nitrogens is 3. The van der Waals surface area contributed by atoms with E-state index in [4.69, 9.17) is 0 Å². The summed E-state index contributed by atoms with van der Waals surface area (Å²) in [6.07, 6.45) is 0.645. The molecule has 3 heterocycles.